The van der Waals surface area contributed by atoms with Crippen LogP contribution in [0.15, 0.2) is 22.8 Å². The molecule has 0 bridgehead atoms. The number of halogens is 1. The van der Waals surface area contributed by atoms with Crippen LogP contribution in [0.2, 0.25) is 0 Å². The van der Waals surface area contributed by atoms with Gasteiger partial charge >= 0.3 is 0 Å². The van der Waals surface area contributed by atoms with E-state index >= 15 is 0 Å². The highest BCUT2D eigenvalue weighted by Crippen LogP contribution is 2.11. The normalized spacial score (nSPS) is 12.2. The lowest BCUT2D eigenvalue weighted by molar-refractivity contribution is 0.0731. The number of carbonyl (C=O) groups is 1. The number of carbonyl (C=O) groups excluding carboxylic acids is 1. The van der Waals surface area contributed by atoms with Crippen LogP contribution in [-0.4, -0.2) is 28.9 Å². The molecular formula is C12H17BrN2O. The van der Waals surface area contributed by atoms with Crippen LogP contribution >= 0.6 is 15.9 Å². The van der Waals surface area contributed by atoms with Gasteiger partial charge in [-0.3, -0.25) is 4.79 Å². The third-order valence-electron chi connectivity index (χ3n) is 2.63. The largest absolute Gasteiger partial charge is 0.338 e. The van der Waals surface area contributed by atoms with Crippen molar-refractivity contribution in [2.45, 2.75) is 32.7 Å². The maximum absolute atomic E-state index is 12.0. The van der Waals surface area contributed by atoms with Gasteiger partial charge in [-0.15, -0.1) is 0 Å². The van der Waals surface area contributed by atoms with E-state index in [4.69, 9.17) is 0 Å². The second kappa shape index (κ2) is 5.99. The zero-order chi connectivity index (χ0) is 12.1. The molecule has 0 N–H and O–H groups in total. The van der Waals surface area contributed by atoms with Gasteiger partial charge in [-0.25, -0.2) is 4.98 Å². The Morgan fingerprint density at radius 3 is 2.75 bits per heavy atom. The van der Waals surface area contributed by atoms with Crippen LogP contribution in [0, 0.1) is 0 Å². The highest BCUT2D eigenvalue weighted by molar-refractivity contribution is 9.10. The molecule has 1 aromatic heterocycles. The van der Waals surface area contributed by atoms with Crippen molar-refractivity contribution in [1.29, 1.82) is 0 Å². The van der Waals surface area contributed by atoms with Crippen molar-refractivity contribution in [2.75, 3.05) is 7.05 Å². The maximum Gasteiger partial charge on any atom is 0.272 e. The quantitative estimate of drug-likeness (QED) is 0.851. The summed E-state index contributed by atoms with van der Waals surface area (Å²) in [4.78, 5) is 17.9. The predicted octanol–water partition coefficient (Wildman–Crippen LogP) is 3.10. The second-order valence-electron chi connectivity index (χ2n) is 3.92. The monoisotopic (exact) mass is 284 g/mol. The van der Waals surface area contributed by atoms with Gasteiger partial charge in [0, 0.05) is 23.8 Å². The molecule has 1 aromatic rings. The summed E-state index contributed by atoms with van der Waals surface area (Å²) in [5.74, 6) is -0.0200. The Bertz CT molecular complexity index is 351. The van der Waals surface area contributed by atoms with Crippen molar-refractivity contribution < 1.29 is 4.79 Å². The molecule has 0 aliphatic rings. The van der Waals surface area contributed by atoms with Gasteiger partial charge in [0.1, 0.15) is 5.69 Å². The Labute approximate surface area is 105 Å². The zero-order valence-corrected chi connectivity index (χ0v) is 11.5. The van der Waals surface area contributed by atoms with Crippen LogP contribution in [-0.2, 0) is 0 Å². The Morgan fingerprint density at radius 2 is 2.25 bits per heavy atom. The van der Waals surface area contributed by atoms with Gasteiger partial charge in [0.05, 0.1) is 0 Å². The summed E-state index contributed by atoms with van der Waals surface area (Å²) in [5, 5.41) is 0. The number of hydrogen-bond donors (Lipinski definition) is 0. The van der Waals surface area contributed by atoms with Crippen molar-refractivity contribution in [2.24, 2.45) is 0 Å². The van der Waals surface area contributed by atoms with Crippen LogP contribution in [0.25, 0.3) is 0 Å². The number of amides is 1. The summed E-state index contributed by atoms with van der Waals surface area (Å²) in [6.07, 6.45) is 3.73. The van der Waals surface area contributed by atoms with Crippen LogP contribution in [0.5, 0.6) is 0 Å². The first-order valence-electron chi connectivity index (χ1n) is 5.45. The molecule has 0 spiro atoms. The molecule has 1 atom stereocenters. The fourth-order valence-electron chi connectivity index (χ4n) is 1.49. The average Bonchev–Trinajstić information content (AvgIpc) is 2.28. The van der Waals surface area contributed by atoms with E-state index in [0.717, 1.165) is 17.3 Å². The van der Waals surface area contributed by atoms with Crippen molar-refractivity contribution in [1.82, 2.24) is 9.88 Å². The third kappa shape index (κ3) is 3.30. The molecule has 0 aromatic carbocycles. The Morgan fingerprint density at radius 1 is 1.56 bits per heavy atom. The third-order valence-corrected chi connectivity index (χ3v) is 3.10. The number of rotatable bonds is 4. The molecule has 0 saturated carbocycles. The molecule has 1 rings (SSSR count). The van der Waals surface area contributed by atoms with E-state index in [-0.39, 0.29) is 11.9 Å². The lowest BCUT2D eigenvalue weighted by Crippen LogP contribution is -2.35. The van der Waals surface area contributed by atoms with Crippen LogP contribution < -0.4 is 0 Å². The molecule has 4 heteroatoms. The number of aromatic nitrogens is 1. The summed E-state index contributed by atoms with van der Waals surface area (Å²) in [6.45, 7) is 4.17. The zero-order valence-electron chi connectivity index (χ0n) is 9.90. The highest BCUT2D eigenvalue weighted by atomic mass is 79.9. The lowest BCUT2D eigenvalue weighted by atomic mass is 10.1. The van der Waals surface area contributed by atoms with Gasteiger partial charge in [0.2, 0.25) is 0 Å². The fourth-order valence-corrected chi connectivity index (χ4v) is 1.73. The number of nitrogens with zero attached hydrogens (tertiary/aromatic N) is 2. The Hall–Kier alpha value is -0.900. The van der Waals surface area contributed by atoms with E-state index < -0.39 is 0 Å². The molecule has 1 amide bonds. The first-order valence-corrected chi connectivity index (χ1v) is 6.24. The van der Waals surface area contributed by atoms with Crippen molar-refractivity contribution in [3.63, 3.8) is 0 Å². The van der Waals surface area contributed by atoms with Gasteiger partial charge in [-0.2, -0.15) is 0 Å². The van der Waals surface area contributed by atoms with Gasteiger partial charge in [0.25, 0.3) is 5.91 Å². The van der Waals surface area contributed by atoms with Crippen LogP contribution in [0.1, 0.15) is 37.2 Å². The minimum absolute atomic E-state index is 0.0200. The first-order chi connectivity index (χ1) is 7.56. The van der Waals surface area contributed by atoms with Crippen molar-refractivity contribution in [3.05, 3.63) is 28.5 Å². The Kier molecular flexibility index (Phi) is 4.93. The second-order valence-corrected chi connectivity index (χ2v) is 4.83. The van der Waals surface area contributed by atoms with E-state index in [1.807, 2.05) is 13.1 Å². The molecule has 16 heavy (non-hydrogen) atoms. The van der Waals surface area contributed by atoms with Crippen LogP contribution in [0.4, 0.5) is 0 Å². The molecule has 0 aliphatic carbocycles. The number of pyridine rings is 1. The van der Waals surface area contributed by atoms with Gasteiger partial charge in [-0.1, -0.05) is 13.3 Å². The van der Waals surface area contributed by atoms with Crippen molar-refractivity contribution in [3.8, 4) is 0 Å². The molecule has 0 aliphatic heterocycles. The molecule has 0 saturated heterocycles. The number of hydrogen-bond acceptors (Lipinski definition) is 2. The predicted molar refractivity (Wildman–Crippen MR) is 68.4 cm³/mol. The Balaban J connectivity index is 2.73. The fraction of sp³-hybridized carbons (Fsp3) is 0.500. The maximum atomic E-state index is 12.0. The minimum Gasteiger partial charge on any atom is -0.338 e. The highest BCUT2D eigenvalue weighted by Gasteiger charge is 2.17. The molecule has 1 heterocycles. The summed E-state index contributed by atoms with van der Waals surface area (Å²) < 4.78 is 0.883. The first kappa shape index (κ1) is 13.2. The summed E-state index contributed by atoms with van der Waals surface area (Å²) in [6, 6.07) is 3.82. The molecular weight excluding hydrogens is 268 g/mol. The lowest BCUT2D eigenvalue weighted by Gasteiger charge is -2.24. The molecule has 88 valence electrons. The van der Waals surface area contributed by atoms with Crippen LogP contribution in [0.3, 0.4) is 0 Å². The molecule has 0 fully saturated rings. The van der Waals surface area contributed by atoms with Crippen molar-refractivity contribution >= 4 is 21.8 Å². The molecule has 0 radical (unpaired) electrons. The van der Waals surface area contributed by atoms with E-state index in [2.05, 4.69) is 34.8 Å². The van der Waals surface area contributed by atoms with E-state index in [1.165, 1.54) is 0 Å². The van der Waals surface area contributed by atoms with Gasteiger partial charge in [-0.05, 0) is 41.4 Å². The summed E-state index contributed by atoms with van der Waals surface area (Å²) >= 11 is 3.30. The summed E-state index contributed by atoms with van der Waals surface area (Å²) in [7, 11) is 1.83. The average molecular weight is 285 g/mol. The minimum atomic E-state index is -0.0200. The summed E-state index contributed by atoms with van der Waals surface area (Å²) in [5.41, 5.74) is 0.494. The SMILES string of the molecule is CCCC(C)N(C)C(=O)c1ccc(Br)cn1. The topological polar surface area (TPSA) is 33.2 Å². The van der Waals surface area contributed by atoms with E-state index in [0.29, 0.717) is 5.69 Å². The standard InChI is InChI=1S/C12H17BrN2O/c1-4-5-9(2)15(3)12(16)11-7-6-10(13)8-14-11/h6-9H,4-5H2,1-3H3. The molecule has 3 nitrogen and oxygen atoms in total. The molecule has 1 unspecified atom stereocenters. The smallest absolute Gasteiger partial charge is 0.272 e. The van der Waals surface area contributed by atoms with E-state index in [1.54, 1.807) is 17.2 Å². The van der Waals surface area contributed by atoms with Gasteiger partial charge < -0.3 is 4.90 Å². The van der Waals surface area contributed by atoms with Gasteiger partial charge in [0.15, 0.2) is 0 Å². The van der Waals surface area contributed by atoms with E-state index in [9.17, 15) is 4.79 Å².